The zero-order chi connectivity index (χ0) is 19.9. The molecule has 28 heavy (non-hydrogen) atoms. The molecule has 0 saturated carbocycles. The highest BCUT2D eigenvalue weighted by atomic mass is 16.5. The number of nitrogens with zero attached hydrogens (tertiary/aromatic N) is 7. The van der Waals surface area contributed by atoms with Gasteiger partial charge in [0.25, 0.3) is 0 Å². The van der Waals surface area contributed by atoms with Crippen LogP contribution in [0.25, 0.3) is 5.69 Å². The number of benzene rings is 1. The highest BCUT2D eigenvalue weighted by Crippen LogP contribution is 2.27. The minimum Gasteiger partial charge on any atom is -0.494 e. The van der Waals surface area contributed by atoms with Gasteiger partial charge in [0.2, 0.25) is 0 Å². The zero-order valence-electron chi connectivity index (χ0n) is 15.9. The first-order chi connectivity index (χ1) is 13.6. The summed E-state index contributed by atoms with van der Waals surface area (Å²) in [6, 6.07) is 5.00. The fraction of sp³-hybridized carbons (Fsp3) is 0.353. The van der Waals surface area contributed by atoms with Crippen LogP contribution in [0.2, 0.25) is 0 Å². The first kappa shape index (κ1) is 19.3. The Labute approximate surface area is 161 Å². The van der Waals surface area contributed by atoms with Gasteiger partial charge < -0.3 is 19.7 Å². The van der Waals surface area contributed by atoms with Gasteiger partial charge in [0, 0.05) is 38.5 Å². The molecule has 0 bridgehead atoms. The number of hydrogen-bond acceptors (Lipinski definition) is 7. The van der Waals surface area contributed by atoms with Crippen LogP contribution in [0.1, 0.15) is 5.56 Å². The number of hydrogen-bond donors (Lipinski definition) is 1. The predicted octanol–water partition coefficient (Wildman–Crippen LogP) is 1.08. The number of urea groups is 1. The van der Waals surface area contributed by atoms with E-state index in [4.69, 9.17) is 9.47 Å². The van der Waals surface area contributed by atoms with Crippen molar-refractivity contribution in [3.8, 4) is 11.4 Å². The second-order valence-corrected chi connectivity index (χ2v) is 6.01. The smallest absolute Gasteiger partial charge is 0.322 e. The van der Waals surface area contributed by atoms with Crippen molar-refractivity contribution < 1.29 is 14.3 Å². The van der Waals surface area contributed by atoms with Gasteiger partial charge in [0.1, 0.15) is 12.1 Å². The van der Waals surface area contributed by atoms with Crippen LogP contribution in [-0.4, -0.2) is 68.3 Å². The van der Waals surface area contributed by atoms with Gasteiger partial charge in [-0.2, -0.15) is 5.10 Å². The van der Waals surface area contributed by atoms with Gasteiger partial charge in [-0.05, 0) is 22.6 Å². The molecule has 3 rings (SSSR count). The molecular weight excluding hydrogens is 364 g/mol. The van der Waals surface area contributed by atoms with Gasteiger partial charge in [-0.1, -0.05) is 0 Å². The second-order valence-electron chi connectivity index (χ2n) is 6.01. The highest BCUT2D eigenvalue weighted by molar-refractivity contribution is 5.91. The number of rotatable bonds is 8. The molecule has 0 aliphatic rings. The van der Waals surface area contributed by atoms with Crippen LogP contribution in [-0.2, 0) is 18.3 Å². The number of nitrogens with one attached hydrogen (secondary N) is 1. The van der Waals surface area contributed by atoms with Gasteiger partial charge in [-0.3, -0.25) is 4.68 Å². The van der Waals surface area contributed by atoms with Crippen LogP contribution in [0.3, 0.4) is 0 Å². The van der Waals surface area contributed by atoms with Crippen molar-refractivity contribution in [3.05, 3.63) is 42.5 Å². The topological polar surface area (TPSA) is 112 Å². The quantitative estimate of drug-likeness (QED) is 0.616. The van der Waals surface area contributed by atoms with Crippen LogP contribution < -0.4 is 10.1 Å². The van der Waals surface area contributed by atoms with Crippen molar-refractivity contribution in [2.45, 2.75) is 6.54 Å². The molecule has 0 unspecified atom stereocenters. The number of aromatic nitrogens is 6. The van der Waals surface area contributed by atoms with Gasteiger partial charge in [0.05, 0.1) is 37.8 Å². The molecule has 0 aliphatic heterocycles. The Morgan fingerprint density at radius 2 is 2.18 bits per heavy atom. The Morgan fingerprint density at radius 3 is 2.82 bits per heavy atom. The largest absolute Gasteiger partial charge is 0.494 e. The summed E-state index contributed by atoms with van der Waals surface area (Å²) in [6.45, 7) is 1.26. The summed E-state index contributed by atoms with van der Waals surface area (Å²) in [6.07, 6.45) is 5.08. The van der Waals surface area contributed by atoms with Crippen LogP contribution in [0.5, 0.6) is 5.75 Å². The maximum absolute atomic E-state index is 12.9. The third-order valence-electron chi connectivity index (χ3n) is 4.02. The molecule has 0 atom stereocenters. The molecule has 148 valence electrons. The van der Waals surface area contributed by atoms with Crippen LogP contribution in [0.15, 0.2) is 36.9 Å². The summed E-state index contributed by atoms with van der Waals surface area (Å²) in [7, 11) is 4.97. The molecule has 0 aliphatic carbocycles. The molecule has 0 saturated heterocycles. The van der Waals surface area contributed by atoms with Crippen molar-refractivity contribution in [3.63, 3.8) is 0 Å². The second kappa shape index (κ2) is 8.95. The molecule has 1 N–H and O–H groups in total. The van der Waals surface area contributed by atoms with Crippen molar-refractivity contribution in [1.82, 2.24) is 34.9 Å². The number of tetrazole rings is 1. The summed E-state index contributed by atoms with van der Waals surface area (Å²) in [5.74, 6) is 0.495. The monoisotopic (exact) mass is 386 g/mol. The lowest BCUT2D eigenvalue weighted by Crippen LogP contribution is -2.36. The molecule has 1 aromatic carbocycles. The van der Waals surface area contributed by atoms with Gasteiger partial charge >= 0.3 is 6.03 Å². The van der Waals surface area contributed by atoms with E-state index in [1.807, 2.05) is 13.2 Å². The highest BCUT2D eigenvalue weighted by Gasteiger charge is 2.17. The number of carbonyl (C=O) groups is 1. The van der Waals surface area contributed by atoms with Crippen LogP contribution in [0.4, 0.5) is 10.5 Å². The molecule has 2 aromatic heterocycles. The van der Waals surface area contributed by atoms with E-state index in [1.165, 1.54) is 18.1 Å². The third kappa shape index (κ3) is 4.62. The summed E-state index contributed by atoms with van der Waals surface area (Å²) in [5, 5.41) is 18.1. The fourth-order valence-corrected chi connectivity index (χ4v) is 2.63. The summed E-state index contributed by atoms with van der Waals surface area (Å²) in [4.78, 5) is 14.5. The van der Waals surface area contributed by atoms with E-state index in [0.29, 0.717) is 36.8 Å². The maximum atomic E-state index is 12.9. The van der Waals surface area contributed by atoms with E-state index in [9.17, 15) is 4.79 Å². The number of carbonyl (C=O) groups excluding carboxylic acids is 1. The minimum absolute atomic E-state index is 0.269. The summed E-state index contributed by atoms with van der Waals surface area (Å²) < 4.78 is 13.7. The van der Waals surface area contributed by atoms with Crippen molar-refractivity contribution in [1.29, 1.82) is 0 Å². The van der Waals surface area contributed by atoms with Crippen LogP contribution in [0, 0.1) is 0 Å². The lowest BCUT2D eigenvalue weighted by Gasteiger charge is -2.23. The Hall–Kier alpha value is -3.47. The van der Waals surface area contributed by atoms with Gasteiger partial charge in [-0.25, -0.2) is 9.48 Å². The molecule has 0 radical (unpaired) electrons. The van der Waals surface area contributed by atoms with Gasteiger partial charge in [0.15, 0.2) is 0 Å². The van der Waals surface area contributed by atoms with E-state index in [0.717, 1.165) is 5.56 Å². The number of anilines is 1. The molecule has 3 aromatic rings. The molecular formula is C17H22N8O3. The third-order valence-corrected chi connectivity index (χ3v) is 4.02. The Balaban J connectivity index is 1.76. The van der Waals surface area contributed by atoms with Crippen LogP contribution >= 0.6 is 0 Å². The predicted molar refractivity (Wildman–Crippen MR) is 100 cm³/mol. The van der Waals surface area contributed by atoms with E-state index in [1.54, 1.807) is 41.1 Å². The molecule has 11 heteroatoms. The van der Waals surface area contributed by atoms with Gasteiger partial charge in [-0.15, -0.1) is 5.10 Å². The molecule has 0 fully saturated rings. The minimum atomic E-state index is -0.269. The summed E-state index contributed by atoms with van der Waals surface area (Å²) >= 11 is 0. The molecule has 0 spiro atoms. The summed E-state index contributed by atoms with van der Waals surface area (Å²) in [5.41, 5.74) is 2.18. The molecule has 11 nitrogen and oxygen atoms in total. The fourth-order valence-electron chi connectivity index (χ4n) is 2.63. The maximum Gasteiger partial charge on any atom is 0.322 e. The van der Waals surface area contributed by atoms with Crippen molar-refractivity contribution >= 4 is 11.7 Å². The van der Waals surface area contributed by atoms with E-state index < -0.39 is 0 Å². The first-order valence-corrected chi connectivity index (χ1v) is 8.54. The Bertz CT molecular complexity index is 909. The average Bonchev–Trinajstić information content (AvgIpc) is 3.37. The number of amides is 2. The number of aryl methyl sites for hydroxylation is 1. The van der Waals surface area contributed by atoms with E-state index in [2.05, 4.69) is 25.9 Å². The standard InChI is InChI=1S/C17H22N8O3/c1-23-10-13(9-19-23)11-24(6-7-27-2)17(26)20-15-5-4-14(8-16(15)28-3)25-12-18-21-22-25/h4-5,8-10,12H,6-7,11H2,1-3H3,(H,20,26). The lowest BCUT2D eigenvalue weighted by molar-refractivity contribution is 0.153. The Kier molecular flexibility index (Phi) is 6.17. The Morgan fingerprint density at radius 1 is 1.32 bits per heavy atom. The van der Waals surface area contributed by atoms with Crippen molar-refractivity contribution in [2.75, 3.05) is 32.7 Å². The SMILES string of the molecule is COCCN(Cc1cnn(C)c1)C(=O)Nc1ccc(-n2cnnn2)cc1OC. The normalized spacial score (nSPS) is 10.7. The zero-order valence-corrected chi connectivity index (χ0v) is 15.9. The molecule has 2 heterocycles. The number of ether oxygens (including phenoxy) is 2. The van der Waals surface area contributed by atoms with Crippen molar-refractivity contribution in [2.24, 2.45) is 7.05 Å². The molecule has 2 amide bonds. The van der Waals surface area contributed by atoms with E-state index in [-0.39, 0.29) is 6.03 Å². The number of methoxy groups -OCH3 is 2. The van der Waals surface area contributed by atoms with E-state index >= 15 is 0 Å². The first-order valence-electron chi connectivity index (χ1n) is 8.54. The lowest BCUT2D eigenvalue weighted by atomic mass is 10.2. The average molecular weight is 386 g/mol.